The summed E-state index contributed by atoms with van der Waals surface area (Å²) in [7, 11) is 0. The van der Waals surface area contributed by atoms with Crippen LogP contribution in [0.4, 0.5) is 5.69 Å². The van der Waals surface area contributed by atoms with Crippen LogP contribution in [0.1, 0.15) is 12.8 Å². The fourth-order valence-corrected chi connectivity index (χ4v) is 1.53. The van der Waals surface area contributed by atoms with Crippen molar-refractivity contribution in [3.8, 4) is 0 Å². The lowest BCUT2D eigenvalue weighted by molar-refractivity contribution is 0.0904. The van der Waals surface area contributed by atoms with E-state index < -0.39 is 0 Å². The second kappa shape index (κ2) is 4.23. The van der Waals surface area contributed by atoms with E-state index in [0.717, 1.165) is 31.7 Å². The molecule has 2 heterocycles. The van der Waals surface area contributed by atoms with Gasteiger partial charge >= 0.3 is 0 Å². The molecule has 0 saturated carbocycles. The van der Waals surface area contributed by atoms with E-state index in [-0.39, 0.29) is 0 Å². The zero-order valence-corrected chi connectivity index (χ0v) is 7.57. The third kappa shape index (κ3) is 2.42. The van der Waals surface area contributed by atoms with Crippen molar-refractivity contribution in [2.45, 2.75) is 18.9 Å². The molecule has 1 aromatic rings. The molecule has 1 aromatic heterocycles. The van der Waals surface area contributed by atoms with E-state index in [9.17, 15) is 0 Å². The van der Waals surface area contributed by atoms with Gasteiger partial charge in [0.25, 0.3) is 0 Å². The highest BCUT2D eigenvalue weighted by molar-refractivity contribution is 5.41. The van der Waals surface area contributed by atoms with Gasteiger partial charge in [-0.05, 0) is 25.0 Å². The third-order valence-electron chi connectivity index (χ3n) is 2.27. The molecule has 3 nitrogen and oxygen atoms in total. The van der Waals surface area contributed by atoms with Gasteiger partial charge in [0.1, 0.15) is 0 Å². The highest BCUT2D eigenvalue weighted by atomic mass is 16.5. The largest absolute Gasteiger partial charge is 0.382 e. The third-order valence-corrected chi connectivity index (χ3v) is 2.27. The van der Waals surface area contributed by atoms with Crippen molar-refractivity contribution in [3.05, 3.63) is 24.5 Å². The average molecular weight is 178 g/mol. The fraction of sp³-hybridized carbons (Fsp3) is 0.500. The summed E-state index contributed by atoms with van der Waals surface area (Å²) in [5, 5.41) is 3.46. The molecule has 0 spiro atoms. The van der Waals surface area contributed by atoms with Crippen LogP contribution in [0.25, 0.3) is 0 Å². The minimum Gasteiger partial charge on any atom is -0.382 e. The van der Waals surface area contributed by atoms with E-state index in [4.69, 9.17) is 4.74 Å². The molecule has 0 aliphatic carbocycles. The van der Waals surface area contributed by atoms with Gasteiger partial charge in [-0.3, -0.25) is 4.98 Å². The van der Waals surface area contributed by atoms with Crippen LogP contribution < -0.4 is 5.32 Å². The zero-order chi connectivity index (χ0) is 8.93. The standard InChI is InChI=1S/C10H14N2O/c1-5-11-6-2-9(1)12-10-3-7-13-8-4-10/h1-2,5-6,10H,3-4,7-8H2,(H,11,12). The van der Waals surface area contributed by atoms with E-state index in [0.29, 0.717) is 6.04 Å². The number of nitrogens with one attached hydrogen (secondary N) is 1. The Bertz CT molecular complexity index is 244. The number of hydrogen-bond donors (Lipinski definition) is 1. The maximum absolute atomic E-state index is 5.29. The molecule has 3 heteroatoms. The Hall–Kier alpha value is -1.09. The van der Waals surface area contributed by atoms with Gasteiger partial charge < -0.3 is 10.1 Å². The van der Waals surface area contributed by atoms with Gasteiger partial charge in [-0.15, -0.1) is 0 Å². The minimum absolute atomic E-state index is 0.566. The summed E-state index contributed by atoms with van der Waals surface area (Å²) in [6, 6.07) is 4.56. The van der Waals surface area contributed by atoms with Crippen molar-refractivity contribution >= 4 is 5.69 Å². The van der Waals surface area contributed by atoms with Gasteiger partial charge in [0, 0.05) is 37.3 Å². The van der Waals surface area contributed by atoms with Crippen LogP contribution >= 0.6 is 0 Å². The van der Waals surface area contributed by atoms with Crippen LogP contribution in [0.5, 0.6) is 0 Å². The number of pyridine rings is 1. The van der Waals surface area contributed by atoms with Gasteiger partial charge in [-0.2, -0.15) is 0 Å². The molecular formula is C10H14N2O. The molecule has 1 fully saturated rings. The van der Waals surface area contributed by atoms with E-state index >= 15 is 0 Å². The first kappa shape index (κ1) is 8.51. The van der Waals surface area contributed by atoms with Crippen molar-refractivity contribution in [1.82, 2.24) is 4.98 Å². The zero-order valence-electron chi connectivity index (χ0n) is 7.57. The average Bonchev–Trinajstić information content (AvgIpc) is 2.21. The summed E-state index contributed by atoms with van der Waals surface area (Å²) in [5.41, 5.74) is 1.15. The number of hydrogen-bond acceptors (Lipinski definition) is 3. The molecule has 13 heavy (non-hydrogen) atoms. The lowest BCUT2D eigenvalue weighted by Crippen LogP contribution is -2.27. The van der Waals surface area contributed by atoms with Crippen LogP contribution in [0.15, 0.2) is 24.5 Å². The van der Waals surface area contributed by atoms with Crippen molar-refractivity contribution in [2.24, 2.45) is 0 Å². The fourth-order valence-electron chi connectivity index (χ4n) is 1.53. The lowest BCUT2D eigenvalue weighted by atomic mass is 10.1. The van der Waals surface area contributed by atoms with Crippen LogP contribution in [-0.4, -0.2) is 24.2 Å². The highest BCUT2D eigenvalue weighted by Gasteiger charge is 2.12. The second-order valence-corrected chi connectivity index (χ2v) is 3.27. The van der Waals surface area contributed by atoms with Gasteiger partial charge in [0.2, 0.25) is 0 Å². The number of aromatic nitrogens is 1. The Balaban J connectivity index is 1.90. The minimum atomic E-state index is 0.566. The summed E-state index contributed by atoms with van der Waals surface area (Å²) < 4.78 is 5.29. The molecule has 1 saturated heterocycles. The van der Waals surface area contributed by atoms with E-state index in [1.54, 1.807) is 0 Å². The van der Waals surface area contributed by atoms with Crippen molar-refractivity contribution in [1.29, 1.82) is 0 Å². The van der Waals surface area contributed by atoms with Crippen LogP contribution in [-0.2, 0) is 4.74 Å². The van der Waals surface area contributed by atoms with Gasteiger partial charge in [0.15, 0.2) is 0 Å². The van der Waals surface area contributed by atoms with Crippen molar-refractivity contribution in [2.75, 3.05) is 18.5 Å². The Morgan fingerprint density at radius 3 is 2.62 bits per heavy atom. The Morgan fingerprint density at radius 1 is 1.23 bits per heavy atom. The number of nitrogens with zero attached hydrogens (tertiary/aromatic N) is 1. The second-order valence-electron chi connectivity index (χ2n) is 3.27. The topological polar surface area (TPSA) is 34.1 Å². The molecule has 0 bridgehead atoms. The normalized spacial score (nSPS) is 18.5. The SMILES string of the molecule is c1cc(NC2CCOCC2)ccn1. The summed E-state index contributed by atoms with van der Waals surface area (Å²) in [6.45, 7) is 1.76. The molecular weight excluding hydrogens is 164 g/mol. The molecule has 1 N–H and O–H groups in total. The molecule has 2 rings (SSSR count). The van der Waals surface area contributed by atoms with Crippen molar-refractivity contribution < 1.29 is 4.74 Å². The van der Waals surface area contributed by atoms with Gasteiger partial charge in [0.05, 0.1) is 0 Å². The maximum Gasteiger partial charge on any atom is 0.0485 e. The highest BCUT2D eigenvalue weighted by Crippen LogP contribution is 2.13. The number of ether oxygens (including phenoxy) is 1. The quantitative estimate of drug-likeness (QED) is 0.748. The molecule has 1 aliphatic rings. The van der Waals surface area contributed by atoms with E-state index in [1.807, 2.05) is 24.5 Å². The summed E-state index contributed by atoms with van der Waals surface area (Å²) in [6.07, 6.45) is 5.81. The summed E-state index contributed by atoms with van der Waals surface area (Å²) in [5.74, 6) is 0. The summed E-state index contributed by atoms with van der Waals surface area (Å²) >= 11 is 0. The summed E-state index contributed by atoms with van der Waals surface area (Å²) in [4.78, 5) is 3.97. The van der Waals surface area contributed by atoms with Gasteiger partial charge in [-0.1, -0.05) is 0 Å². The maximum atomic E-state index is 5.29. The monoisotopic (exact) mass is 178 g/mol. The molecule has 0 aromatic carbocycles. The molecule has 0 amide bonds. The Morgan fingerprint density at radius 2 is 1.92 bits per heavy atom. The predicted molar refractivity (Wildman–Crippen MR) is 51.7 cm³/mol. The Kier molecular flexibility index (Phi) is 2.77. The first-order valence-electron chi connectivity index (χ1n) is 4.69. The molecule has 0 radical (unpaired) electrons. The van der Waals surface area contributed by atoms with Gasteiger partial charge in [-0.25, -0.2) is 0 Å². The van der Waals surface area contributed by atoms with E-state index in [1.165, 1.54) is 0 Å². The molecule has 0 atom stereocenters. The van der Waals surface area contributed by atoms with Crippen molar-refractivity contribution in [3.63, 3.8) is 0 Å². The van der Waals surface area contributed by atoms with Crippen LogP contribution in [0, 0.1) is 0 Å². The first-order chi connectivity index (χ1) is 6.45. The Labute approximate surface area is 78.1 Å². The molecule has 70 valence electrons. The van der Waals surface area contributed by atoms with Crippen LogP contribution in [0.3, 0.4) is 0 Å². The number of anilines is 1. The number of rotatable bonds is 2. The first-order valence-corrected chi connectivity index (χ1v) is 4.69. The lowest BCUT2D eigenvalue weighted by Gasteiger charge is -2.23. The predicted octanol–water partition coefficient (Wildman–Crippen LogP) is 1.67. The van der Waals surface area contributed by atoms with Crippen LogP contribution in [0.2, 0.25) is 0 Å². The molecule has 0 unspecified atom stereocenters. The van der Waals surface area contributed by atoms with E-state index in [2.05, 4.69) is 10.3 Å². The smallest absolute Gasteiger partial charge is 0.0485 e. The molecule has 1 aliphatic heterocycles.